The largest absolute Gasteiger partial charge is 0.354 e. The van der Waals surface area contributed by atoms with Gasteiger partial charge in [0.25, 0.3) is 0 Å². The molecule has 7 heteroatoms. The molecule has 4 N–H and O–H groups in total. The van der Waals surface area contributed by atoms with E-state index in [9.17, 15) is 9.59 Å². The fraction of sp³-hybridized carbons (Fsp3) is 0.579. The molecule has 0 aliphatic carbocycles. The SMILES string of the molecule is CCC[C@@H](NC(N)=O)C(=O)NCC1CCN(Cc2ccccc2Cl)CC1. The molecule has 1 aliphatic heterocycles. The molecule has 1 atom stereocenters. The number of rotatable bonds is 8. The minimum absolute atomic E-state index is 0.149. The third kappa shape index (κ3) is 6.50. The van der Waals surface area contributed by atoms with Crippen molar-refractivity contribution in [2.24, 2.45) is 11.7 Å². The number of nitrogens with one attached hydrogen (secondary N) is 2. The fourth-order valence-electron chi connectivity index (χ4n) is 3.31. The van der Waals surface area contributed by atoms with Gasteiger partial charge in [-0.1, -0.05) is 43.1 Å². The summed E-state index contributed by atoms with van der Waals surface area (Å²) in [6, 6.07) is 6.74. The van der Waals surface area contributed by atoms with E-state index in [1.165, 1.54) is 0 Å². The van der Waals surface area contributed by atoms with Crippen molar-refractivity contribution in [3.05, 3.63) is 34.9 Å². The van der Waals surface area contributed by atoms with Crippen molar-refractivity contribution in [2.45, 2.75) is 45.2 Å². The maximum atomic E-state index is 12.2. The van der Waals surface area contributed by atoms with Gasteiger partial charge in [-0.3, -0.25) is 9.69 Å². The van der Waals surface area contributed by atoms with E-state index < -0.39 is 12.1 Å². The predicted molar refractivity (Wildman–Crippen MR) is 104 cm³/mol. The average molecular weight is 381 g/mol. The first-order valence-corrected chi connectivity index (χ1v) is 9.66. The van der Waals surface area contributed by atoms with E-state index in [2.05, 4.69) is 21.6 Å². The van der Waals surface area contributed by atoms with Crippen molar-refractivity contribution in [1.82, 2.24) is 15.5 Å². The second-order valence-corrected chi connectivity index (χ2v) is 7.31. The molecule has 1 fully saturated rings. The van der Waals surface area contributed by atoms with Crippen LogP contribution in [0, 0.1) is 5.92 Å². The number of likely N-dealkylation sites (tertiary alicyclic amines) is 1. The highest BCUT2D eigenvalue weighted by Crippen LogP contribution is 2.22. The summed E-state index contributed by atoms with van der Waals surface area (Å²) in [5.41, 5.74) is 6.30. The van der Waals surface area contributed by atoms with Crippen LogP contribution in [0.25, 0.3) is 0 Å². The number of nitrogens with two attached hydrogens (primary N) is 1. The van der Waals surface area contributed by atoms with Crippen LogP contribution in [0.2, 0.25) is 5.02 Å². The molecule has 1 saturated heterocycles. The Morgan fingerprint density at radius 2 is 2.00 bits per heavy atom. The van der Waals surface area contributed by atoms with Crippen molar-refractivity contribution >= 4 is 23.5 Å². The number of carbonyl (C=O) groups is 2. The number of carbonyl (C=O) groups excluding carboxylic acids is 2. The van der Waals surface area contributed by atoms with Crippen molar-refractivity contribution in [3.8, 4) is 0 Å². The van der Waals surface area contributed by atoms with Crippen LogP contribution in [0.1, 0.15) is 38.2 Å². The smallest absolute Gasteiger partial charge is 0.312 e. The van der Waals surface area contributed by atoms with Crippen LogP contribution in [0.5, 0.6) is 0 Å². The maximum Gasteiger partial charge on any atom is 0.312 e. The summed E-state index contributed by atoms with van der Waals surface area (Å²) < 4.78 is 0. The van der Waals surface area contributed by atoms with Crippen LogP contribution < -0.4 is 16.4 Å². The lowest BCUT2D eigenvalue weighted by molar-refractivity contribution is -0.123. The van der Waals surface area contributed by atoms with Crippen LogP contribution in [0.15, 0.2) is 24.3 Å². The standard InChI is InChI=1S/C19H29ClN4O2/c1-2-5-17(23-19(21)26)18(25)22-12-14-8-10-24(11-9-14)13-15-6-3-4-7-16(15)20/h3-4,6-7,14,17H,2,5,8-13H2,1H3,(H,22,25)(H3,21,23,26)/t17-/m1/s1. The van der Waals surface area contributed by atoms with Gasteiger partial charge in [0.15, 0.2) is 0 Å². The number of piperidine rings is 1. The first-order valence-electron chi connectivity index (χ1n) is 9.29. The minimum Gasteiger partial charge on any atom is -0.354 e. The molecule has 26 heavy (non-hydrogen) atoms. The summed E-state index contributed by atoms with van der Waals surface area (Å²) in [6.07, 6.45) is 3.46. The summed E-state index contributed by atoms with van der Waals surface area (Å²) in [7, 11) is 0. The Kier molecular flexibility index (Phi) is 8.19. The Morgan fingerprint density at radius 3 is 2.62 bits per heavy atom. The second kappa shape index (κ2) is 10.4. The zero-order valence-corrected chi connectivity index (χ0v) is 16.1. The van der Waals surface area contributed by atoms with Crippen LogP contribution >= 0.6 is 11.6 Å². The van der Waals surface area contributed by atoms with Gasteiger partial charge in [-0.15, -0.1) is 0 Å². The molecule has 1 aliphatic rings. The van der Waals surface area contributed by atoms with Gasteiger partial charge in [0.05, 0.1) is 0 Å². The van der Waals surface area contributed by atoms with Gasteiger partial charge in [0.1, 0.15) is 6.04 Å². The summed E-state index contributed by atoms with van der Waals surface area (Å²) >= 11 is 6.23. The Morgan fingerprint density at radius 1 is 1.31 bits per heavy atom. The monoisotopic (exact) mass is 380 g/mol. The van der Waals surface area contributed by atoms with E-state index in [0.29, 0.717) is 18.9 Å². The molecule has 0 spiro atoms. The van der Waals surface area contributed by atoms with E-state index in [-0.39, 0.29) is 5.91 Å². The third-order valence-corrected chi connectivity index (χ3v) is 5.20. The minimum atomic E-state index is -0.661. The zero-order valence-electron chi connectivity index (χ0n) is 15.3. The fourth-order valence-corrected chi connectivity index (χ4v) is 3.51. The number of halogens is 1. The molecule has 1 aromatic rings. The molecule has 1 aromatic carbocycles. The molecule has 0 unspecified atom stereocenters. The van der Waals surface area contributed by atoms with Gasteiger partial charge in [-0.05, 0) is 49.9 Å². The summed E-state index contributed by atoms with van der Waals surface area (Å²) in [6.45, 7) is 5.45. The van der Waals surface area contributed by atoms with Gasteiger partial charge < -0.3 is 16.4 Å². The highest BCUT2D eigenvalue weighted by Gasteiger charge is 2.23. The van der Waals surface area contributed by atoms with Gasteiger partial charge in [-0.2, -0.15) is 0 Å². The van der Waals surface area contributed by atoms with Crippen molar-refractivity contribution < 1.29 is 9.59 Å². The van der Waals surface area contributed by atoms with Crippen LogP contribution in [-0.4, -0.2) is 42.5 Å². The Bertz CT molecular complexity index is 603. The Balaban J connectivity index is 1.73. The Hall–Kier alpha value is -1.79. The van der Waals surface area contributed by atoms with Gasteiger partial charge in [0, 0.05) is 18.1 Å². The first-order chi connectivity index (χ1) is 12.5. The molecular weight excluding hydrogens is 352 g/mol. The summed E-state index contributed by atoms with van der Waals surface area (Å²) in [5, 5.41) is 6.29. The lowest BCUT2D eigenvalue weighted by Gasteiger charge is -2.32. The third-order valence-electron chi connectivity index (χ3n) is 4.83. The highest BCUT2D eigenvalue weighted by molar-refractivity contribution is 6.31. The molecule has 0 saturated carbocycles. The number of benzene rings is 1. The van der Waals surface area contributed by atoms with Gasteiger partial charge in [-0.25, -0.2) is 4.79 Å². The van der Waals surface area contributed by atoms with E-state index in [4.69, 9.17) is 17.3 Å². The number of nitrogens with zero attached hydrogens (tertiary/aromatic N) is 1. The van der Waals surface area contributed by atoms with Gasteiger partial charge >= 0.3 is 6.03 Å². The van der Waals surface area contributed by atoms with E-state index in [1.807, 2.05) is 25.1 Å². The maximum absolute atomic E-state index is 12.2. The van der Waals surface area contributed by atoms with Crippen LogP contribution in [-0.2, 0) is 11.3 Å². The van der Waals surface area contributed by atoms with E-state index >= 15 is 0 Å². The number of hydrogen-bond donors (Lipinski definition) is 3. The predicted octanol–water partition coefficient (Wildman–Crippen LogP) is 2.51. The lowest BCUT2D eigenvalue weighted by atomic mass is 9.96. The summed E-state index contributed by atoms with van der Waals surface area (Å²) in [4.78, 5) is 25.7. The first kappa shape index (κ1) is 20.5. The van der Waals surface area contributed by atoms with Crippen molar-refractivity contribution in [1.29, 1.82) is 0 Å². The van der Waals surface area contributed by atoms with Crippen LogP contribution in [0.3, 0.4) is 0 Å². The number of hydrogen-bond acceptors (Lipinski definition) is 3. The molecule has 0 aromatic heterocycles. The highest BCUT2D eigenvalue weighted by atomic mass is 35.5. The quantitative estimate of drug-likeness (QED) is 0.647. The molecule has 2 rings (SSSR count). The molecule has 0 radical (unpaired) electrons. The number of amides is 3. The van der Waals surface area contributed by atoms with Crippen molar-refractivity contribution in [3.63, 3.8) is 0 Å². The molecular formula is C19H29ClN4O2. The second-order valence-electron chi connectivity index (χ2n) is 6.91. The van der Waals surface area contributed by atoms with E-state index in [0.717, 1.165) is 49.5 Å². The van der Waals surface area contributed by atoms with Gasteiger partial charge in [0.2, 0.25) is 5.91 Å². The van der Waals surface area contributed by atoms with E-state index in [1.54, 1.807) is 0 Å². The van der Waals surface area contributed by atoms with Crippen molar-refractivity contribution in [2.75, 3.05) is 19.6 Å². The topological polar surface area (TPSA) is 87.5 Å². The molecule has 0 bridgehead atoms. The van der Waals surface area contributed by atoms with Crippen LogP contribution in [0.4, 0.5) is 4.79 Å². The molecule has 144 valence electrons. The average Bonchev–Trinajstić information content (AvgIpc) is 2.62. The lowest BCUT2D eigenvalue weighted by Crippen LogP contribution is -2.49. The molecule has 6 nitrogen and oxygen atoms in total. The number of primary amides is 1. The summed E-state index contributed by atoms with van der Waals surface area (Å²) in [5.74, 6) is 0.307. The normalized spacial score (nSPS) is 16.8. The Labute approximate surface area is 160 Å². The molecule has 3 amide bonds. The zero-order chi connectivity index (χ0) is 18.9. The molecule has 1 heterocycles. The number of urea groups is 1.